The largest absolute Gasteiger partial charge is 0.356 e. The molecule has 4 N–H and O–H groups in total. The summed E-state index contributed by atoms with van der Waals surface area (Å²) < 4.78 is 9.84. The van der Waals surface area contributed by atoms with Gasteiger partial charge in [0.1, 0.15) is 0 Å². The van der Waals surface area contributed by atoms with Crippen LogP contribution in [0.5, 0.6) is 0 Å². The molecule has 0 amide bonds. The fraction of sp³-hybridized carbons (Fsp3) is 0.611. The van der Waals surface area contributed by atoms with Gasteiger partial charge in [-0.05, 0) is 42.9 Å². The Labute approximate surface area is 160 Å². The van der Waals surface area contributed by atoms with Crippen LogP contribution in [-0.4, -0.2) is 40.9 Å². The van der Waals surface area contributed by atoms with Crippen molar-refractivity contribution in [2.75, 3.05) is 25.1 Å². The first-order chi connectivity index (χ1) is 12.5. The van der Waals surface area contributed by atoms with E-state index in [-0.39, 0.29) is 12.0 Å². The van der Waals surface area contributed by atoms with Crippen molar-refractivity contribution in [3.05, 3.63) is 29.8 Å². The maximum Gasteiger partial charge on any atom is 0.326 e. The van der Waals surface area contributed by atoms with Gasteiger partial charge in [-0.3, -0.25) is 4.57 Å². The number of guanidine groups is 1. The van der Waals surface area contributed by atoms with Gasteiger partial charge >= 0.3 is 7.60 Å². The molecule has 0 unspecified atom stereocenters. The van der Waals surface area contributed by atoms with Crippen LogP contribution in [0.25, 0.3) is 0 Å². The molecular formula is C18H29ClN3O3P. The second-order valence-electron chi connectivity index (χ2n) is 6.67. The zero-order valence-electron chi connectivity index (χ0n) is 15.0. The lowest BCUT2D eigenvalue weighted by Gasteiger charge is -2.22. The molecule has 3 rings (SSSR count). The molecule has 146 valence electrons. The molecule has 1 saturated carbocycles. The number of rotatable bonds is 4. The number of nitrogens with one attached hydrogen (secondary N) is 2. The second kappa shape index (κ2) is 10.9. The molecule has 1 aliphatic heterocycles. The summed E-state index contributed by atoms with van der Waals surface area (Å²) in [5.41, 5.74) is 2.53. The normalized spacial score (nSPS) is 18.2. The molecular weight excluding hydrogens is 373 g/mol. The average molecular weight is 402 g/mol. The zero-order chi connectivity index (χ0) is 18.8. The predicted octanol–water partition coefficient (Wildman–Crippen LogP) is 3.71. The Morgan fingerprint density at radius 1 is 1.04 bits per heavy atom. The third-order valence-electron chi connectivity index (χ3n) is 4.52. The Balaban J connectivity index is 0.000000298. The van der Waals surface area contributed by atoms with Crippen molar-refractivity contribution in [2.24, 2.45) is 4.99 Å². The van der Waals surface area contributed by atoms with Gasteiger partial charge < -0.3 is 20.4 Å². The summed E-state index contributed by atoms with van der Waals surface area (Å²) in [6.45, 7) is 2.04. The summed E-state index contributed by atoms with van der Waals surface area (Å²) in [5.74, 6) is 1.71. The van der Waals surface area contributed by atoms with Crippen LogP contribution < -0.4 is 10.6 Å². The number of halogens is 1. The van der Waals surface area contributed by atoms with E-state index in [0.29, 0.717) is 0 Å². The van der Waals surface area contributed by atoms with Gasteiger partial charge in [-0.2, -0.15) is 0 Å². The molecule has 2 aliphatic rings. The summed E-state index contributed by atoms with van der Waals surface area (Å²) >= 11 is 4.99. The first-order valence-electron chi connectivity index (χ1n) is 9.25. The highest BCUT2D eigenvalue weighted by molar-refractivity contribution is 7.51. The molecule has 6 nitrogen and oxygen atoms in total. The standard InChI is InChI=1S/C16H23N3.C2H6ClO3P/c1-2-5-13(6-3-1)14-7-9-15(10-8-14)19-16-17-11-4-12-18-16;3-1-2-7(4,5)6/h7-10,13H,1-6,11-12H2,(H2,17,18,19);1-2H2,(H2,4,5,6). The highest BCUT2D eigenvalue weighted by Gasteiger charge is 2.15. The quantitative estimate of drug-likeness (QED) is 0.456. The van der Waals surface area contributed by atoms with E-state index in [9.17, 15) is 4.57 Å². The number of hydrogen-bond acceptors (Lipinski definition) is 2. The SMILES string of the molecule is O=P(O)(O)CCCl.c1cc(C2CCCCC2)ccc1N=C1NCCCN1. The van der Waals surface area contributed by atoms with E-state index in [4.69, 9.17) is 21.4 Å². The van der Waals surface area contributed by atoms with Gasteiger partial charge in [-0.1, -0.05) is 31.4 Å². The fourth-order valence-electron chi connectivity index (χ4n) is 3.14. The Morgan fingerprint density at radius 2 is 1.65 bits per heavy atom. The highest BCUT2D eigenvalue weighted by Crippen LogP contribution is 2.34. The van der Waals surface area contributed by atoms with Gasteiger partial charge in [-0.15, -0.1) is 11.6 Å². The summed E-state index contributed by atoms with van der Waals surface area (Å²) in [7, 11) is -3.80. The molecule has 0 spiro atoms. The average Bonchev–Trinajstić information content (AvgIpc) is 2.64. The summed E-state index contributed by atoms with van der Waals surface area (Å²) in [5, 5.41) is 6.57. The van der Waals surface area contributed by atoms with Crippen LogP contribution in [0.1, 0.15) is 50.0 Å². The van der Waals surface area contributed by atoms with Gasteiger partial charge in [0.25, 0.3) is 0 Å². The van der Waals surface area contributed by atoms with Crippen molar-refractivity contribution in [3.8, 4) is 0 Å². The molecule has 26 heavy (non-hydrogen) atoms. The minimum absolute atomic E-state index is 0.0181. The molecule has 0 aromatic heterocycles. The smallest absolute Gasteiger partial charge is 0.326 e. The van der Waals surface area contributed by atoms with E-state index >= 15 is 0 Å². The first kappa shape index (κ1) is 21.2. The third-order valence-corrected chi connectivity index (χ3v) is 5.78. The molecule has 8 heteroatoms. The molecule has 2 fully saturated rings. The third kappa shape index (κ3) is 8.09. The lowest BCUT2D eigenvalue weighted by Crippen LogP contribution is -2.43. The van der Waals surface area contributed by atoms with E-state index < -0.39 is 7.60 Å². The second-order valence-corrected chi connectivity index (χ2v) is 8.83. The number of aliphatic imine (C=N–C) groups is 1. The van der Waals surface area contributed by atoms with Gasteiger partial charge in [0.15, 0.2) is 5.96 Å². The van der Waals surface area contributed by atoms with Crippen LogP contribution in [0.2, 0.25) is 0 Å². The van der Waals surface area contributed by atoms with Crippen LogP contribution >= 0.6 is 19.2 Å². The van der Waals surface area contributed by atoms with Crippen LogP contribution in [0, 0.1) is 0 Å². The lowest BCUT2D eigenvalue weighted by atomic mass is 9.84. The summed E-state index contributed by atoms with van der Waals surface area (Å²) in [6.07, 6.45) is 7.85. The molecule has 0 atom stereocenters. The van der Waals surface area contributed by atoms with Crippen LogP contribution in [0.15, 0.2) is 29.3 Å². The Kier molecular flexibility index (Phi) is 8.93. The minimum Gasteiger partial charge on any atom is -0.356 e. The van der Waals surface area contributed by atoms with E-state index in [0.717, 1.165) is 30.7 Å². The number of nitrogens with zero attached hydrogens (tertiary/aromatic N) is 1. The van der Waals surface area contributed by atoms with Gasteiger partial charge in [0.05, 0.1) is 11.8 Å². The lowest BCUT2D eigenvalue weighted by molar-refractivity contribution is 0.375. The van der Waals surface area contributed by atoms with Crippen molar-refractivity contribution < 1.29 is 14.4 Å². The van der Waals surface area contributed by atoms with E-state index in [2.05, 4.69) is 39.9 Å². The van der Waals surface area contributed by atoms with Gasteiger partial charge in [0.2, 0.25) is 0 Å². The molecule has 1 aromatic carbocycles. The van der Waals surface area contributed by atoms with Gasteiger partial charge in [0, 0.05) is 19.0 Å². The maximum absolute atomic E-state index is 9.84. The molecule has 1 aliphatic carbocycles. The van der Waals surface area contributed by atoms with Crippen molar-refractivity contribution in [1.82, 2.24) is 10.6 Å². The topological polar surface area (TPSA) is 94.0 Å². The minimum atomic E-state index is -3.80. The molecule has 0 radical (unpaired) electrons. The molecule has 1 saturated heterocycles. The predicted molar refractivity (Wildman–Crippen MR) is 108 cm³/mol. The first-order valence-corrected chi connectivity index (χ1v) is 11.6. The Morgan fingerprint density at radius 3 is 2.15 bits per heavy atom. The Hall–Kier alpha value is -1.07. The van der Waals surface area contributed by atoms with Crippen molar-refractivity contribution in [2.45, 2.75) is 44.4 Å². The van der Waals surface area contributed by atoms with E-state index in [1.54, 1.807) is 0 Å². The molecule has 1 heterocycles. The van der Waals surface area contributed by atoms with Crippen molar-refractivity contribution in [1.29, 1.82) is 0 Å². The molecule has 0 bridgehead atoms. The van der Waals surface area contributed by atoms with E-state index in [1.165, 1.54) is 44.1 Å². The summed E-state index contributed by atoms with van der Waals surface area (Å²) in [6, 6.07) is 8.82. The van der Waals surface area contributed by atoms with E-state index in [1.807, 2.05) is 0 Å². The van der Waals surface area contributed by atoms with Crippen LogP contribution in [-0.2, 0) is 4.57 Å². The summed E-state index contributed by atoms with van der Waals surface area (Å²) in [4.78, 5) is 20.7. The number of benzene rings is 1. The monoisotopic (exact) mass is 401 g/mol. The van der Waals surface area contributed by atoms with Gasteiger partial charge in [-0.25, -0.2) is 4.99 Å². The highest BCUT2D eigenvalue weighted by atomic mass is 35.5. The fourth-order valence-corrected chi connectivity index (χ4v) is 4.02. The van der Waals surface area contributed by atoms with Crippen molar-refractivity contribution in [3.63, 3.8) is 0 Å². The van der Waals surface area contributed by atoms with Crippen molar-refractivity contribution >= 4 is 30.8 Å². The zero-order valence-corrected chi connectivity index (χ0v) is 16.7. The number of hydrogen-bond donors (Lipinski definition) is 4. The Bertz CT molecular complexity index is 605. The van der Waals surface area contributed by atoms with Crippen LogP contribution in [0.3, 0.4) is 0 Å². The van der Waals surface area contributed by atoms with Crippen LogP contribution in [0.4, 0.5) is 5.69 Å². The number of alkyl halides is 1. The maximum atomic E-state index is 9.84. The molecule has 1 aromatic rings.